The molecular weight excluding hydrogens is 384 g/mol. The van der Waals surface area contributed by atoms with Crippen LogP contribution in [-0.2, 0) is 19.1 Å². The van der Waals surface area contributed by atoms with Crippen LogP contribution in [0.5, 0.6) is 0 Å². The van der Waals surface area contributed by atoms with Gasteiger partial charge in [-0.15, -0.1) is 0 Å². The first-order chi connectivity index (χ1) is 14.3. The van der Waals surface area contributed by atoms with Crippen molar-refractivity contribution in [2.75, 3.05) is 5.32 Å². The molecule has 0 radical (unpaired) electrons. The van der Waals surface area contributed by atoms with E-state index in [2.05, 4.69) is 10.6 Å². The van der Waals surface area contributed by atoms with E-state index in [0.717, 1.165) is 5.56 Å². The smallest absolute Gasteiger partial charge is 0.329 e. The minimum Gasteiger partial charge on any atom is -0.451 e. The van der Waals surface area contributed by atoms with Gasteiger partial charge in [0.15, 0.2) is 11.9 Å². The fourth-order valence-corrected chi connectivity index (χ4v) is 2.42. The topological polar surface area (TPSA) is 102 Å². The highest BCUT2D eigenvalue weighted by atomic mass is 16.5. The van der Waals surface area contributed by atoms with Crippen molar-refractivity contribution in [3.63, 3.8) is 0 Å². The molecule has 0 aliphatic carbocycles. The van der Waals surface area contributed by atoms with Gasteiger partial charge in [0.25, 0.3) is 5.91 Å². The number of esters is 1. The van der Waals surface area contributed by atoms with Crippen molar-refractivity contribution in [2.24, 2.45) is 0 Å². The van der Waals surface area contributed by atoms with Crippen LogP contribution in [0, 0.1) is 0 Å². The van der Waals surface area contributed by atoms with E-state index < -0.39 is 29.9 Å². The predicted molar refractivity (Wildman–Crippen MR) is 114 cm³/mol. The van der Waals surface area contributed by atoms with E-state index in [1.807, 2.05) is 30.3 Å². The van der Waals surface area contributed by atoms with E-state index in [0.29, 0.717) is 11.3 Å². The zero-order chi connectivity index (χ0) is 22.1. The van der Waals surface area contributed by atoms with Crippen LogP contribution in [0.25, 0.3) is 6.08 Å². The molecule has 0 saturated heterocycles. The van der Waals surface area contributed by atoms with E-state index in [1.54, 1.807) is 30.3 Å². The molecule has 0 bridgehead atoms. The molecular formula is C23H24N2O5. The number of ether oxygens (including phenoxy) is 1. The van der Waals surface area contributed by atoms with Gasteiger partial charge in [-0.05, 0) is 56.7 Å². The largest absolute Gasteiger partial charge is 0.451 e. The Morgan fingerprint density at radius 3 is 2.17 bits per heavy atom. The molecule has 0 aliphatic heterocycles. The molecule has 7 nitrogen and oxygen atoms in total. The Kier molecular flexibility index (Phi) is 8.05. The lowest BCUT2D eigenvalue weighted by Crippen LogP contribution is -2.41. The lowest BCUT2D eigenvalue weighted by atomic mass is 10.1. The van der Waals surface area contributed by atoms with Gasteiger partial charge in [-0.2, -0.15) is 0 Å². The number of anilines is 1. The number of hydrogen-bond acceptors (Lipinski definition) is 5. The van der Waals surface area contributed by atoms with Crippen molar-refractivity contribution < 1.29 is 23.9 Å². The fraction of sp³-hybridized carbons (Fsp3) is 0.217. The first kappa shape index (κ1) is 22.5. The molecule has 0 unspecified atom stereocenters. The summed E-state index contributed by atoms with van der Waals surface area (Å²) in [6.07, 6.45) is 1.88. The second-order valence-electron chi connectivity index (χ2n) is 6.68. The molecule has 0 spiro atoms. The van der Waals surface area contributed by atoms with Crippen molar-refractivity contribution in [3.8, 4) is 0 Å². The molecule has 7 heteroatoms. The van der Waals surface area contributed by atoms with Gasteiger partial charge in [-0.25, -0.2) is 4.79 Å². The molecule has 2 amide bonds. The average Bonchev–Trinajstić information content (AvgIpc) is 2.73. The fourth-order valence-electron chi connectivity index (χ4n) is 2.42. The van der Waals surface area contributed by atoms with Crippen LogP contribution in [0.1, 0.15) is 36.7 Å². The molecule has 2 aromatic rings. The van der Waals surface area contributed by atoms with Crippen LogP contribution in [0.2, 0.25) is 0 Å². The summed E-state index contributed by atoms with van der Waals surface area (Å²) in [6, 6.07) is 14.7. The van der Waals surface area contributed by atoms with Crippen LogP contribution >= 0.6 is 0 Å². The number of amides is 2. The molecule has 30 heavy (non-hydrogen) atoms. The number of nitrogens with one attached hydrogen (secondary N) is 2. The third-order valence-corrected chi connectivity index (χ3v) is 4.16. The Morgan fingerprint density at radius 2 is 1.57 bits per heavy atom. The van der Waals surface area contributed by atoms with Crippen LogP contribution < -0.4 is 10.6 Å². The standard InChI is InChI=1S/C23H24N2O5/c1-15(24-21(27)14-9-18-7-5-4-6-8-18)23(29)30-17(3)22(28)25-20-12-10-19(11-13-20)16(2)26/h4-15,17H,1-3H3,(H,24,27)(H,25,28)/b14-9+/t15-,17+/m0/s1. The minimum atomic E-state index is -1.07. The molecule has 2 aromatic carbocycles. The summed E-state index contributed by atoms with van der Waals surface area (Å²) in [5.74, 6) is -1.79. The highest BCUT2D eigenvalue weighted by molar-refractivity contribution is 5.98. The Labute approximate surface area is 175 Å². The molecule has 0 aliphatic rings. The van der Waals surface area contributed by atoms with Crippen molar-refractivity contribution in [3.05, 3.63) is 71.8 Å². The van der Waals surface area contributed by atoms with Crippen molar-refractivity contribution in [1.82, 2.24) is 5.32 Å². The molecule has 0 saturated carbocycles. The highest BCUT2D eigenvalue weighted by Crippen LogP contribution is 2.11. The van der Waals surface area contributed by atoms with Crippen molar-refractivity contribution >= 4 is 35.3 Å². The summed E-state index contributed by atoms with van der Waals surface area (Å²) >= 11 is 0. The maximum atomic E-state index is 12.2. The SMILES string of the molecule is CC(=O)c1ccc(NC(=O)[C@@H](C)OC(=O)[C@H](C)NC(=O)/C=C/c2ccccc2)cc1. The maximum absolute atomic E-state index is 12.2. The van der Waals surface area contributed by atoms with Gasteiger partial charge in [0.05, 0.1) is 0 Å². The van der Waals surface area contributed by atoms with E-state index in [1.165, 1.54) is 26.8 Å². The van der Waals surface area contributed by atoms with Crippen LogP contribution in [0.3, 0.4) is 0 Å². The van der Waals surface area contributed by atoms with Gasteiger partial charge in [-0.3, -0.25) is 14.4 Å². The number of hydrogen-bond donors (Lipinski definition) is 2. The highest BCUT2D eigenvalue weighted by Gasteiger charge is 2.22. The molecule has 2 atom stereocenters. The second kappa shape index (κ2) is 10.7. The molecule has 0 fully saturated rings. The van der Waals surface area contributed by atoms with E-state index in [-0.39, 0.29) is 5.78 Å². The number of benzene rings is 2. The van der Waals surface area contributed by atoms with E-state index in [9.17, 15) is 19.2 Å². The quantitative estimate of drug-likeness (QED) is 0.397. The van der Waals surface area contributed by atoms with Gasteiger partial charge in [0.1, 0.15) is 6.04 Å². The van der Waals surface area contributed by atoms with E-state index in [4.69, 9.17) is 4.74 Å². The molecule has 0 heterocycles. The zero-order valence-electron chi connectivity index (χ0n) is 17.0. The lowest BCUT2D eigenvalue weighted by molar-refractivity contribution is -0.155. The summed E-state index contributed by atoms with van der Waals surface area (Å²) in [7, 11) is 0. The predicted octanol–water partition coefficient (Wildman–Crippen LogP) is 2.98. The summed E-state index contributed by atoms with van der Waals surface area (Å²) < 4.78 is 5.13. The monoisotopic (exact) mass is 408 g/mol. The maximum Gasteiger partial charge on any atom is 0.329 e. The average molecular weight is 408 g/mol. The number of rotatable bonds is 8. The minimum absolute atomic E-state index is 0.0789. The zero-order valence-corrected chi connectivity index (χ0v) is 17.0. The van der Waals surface area contributed by atoms with Gasteiger partial charge in [0.2, 0.25) is 5.91 Å². The Hall–Kier alpha value is -3.74. The van der Waals surface area contributed by atoms with Crippen molar-refractivity contribution in [2.45, 2.75) is 32.9 Å². The van der Waals surface area contributed by atoms with Crippen LogP contribution in [-0.4, -0.2) is 35.7 Å². The Balaban J connectivity index is 1.83. The van der Waals surface area contributed by atoms with Gasteiger partial charge in [0, 0.05) is 17.3 Å². The molecule has 2 rings (SSSR count). The third-order valence-electron chi connectivity index (χ3n) is 4.16. The molecule has 156 valence electrons. The van der Waals surface area contributed by atoms with Crippen LogP contribution in [0.4, 0.5) is 5.69 Å². The lowest BCUT2D eigenvalue weighted by Gasteiger charge is -2.17. The van der Waals surface area contributed by atoms with Crippen molar-refractivity contribution in [1.29, 1.82) is 0 Å². The van der Waals surface area contributed by atoms with E-state index >= 15 is 0 Å². The molecule has 0 aromatic heterocycles. The second-order valence-corrected chi connectivity index (χ2v) is 6.68. The normalized spacial score (nSPS) is 12.6. The third kappa shape index (κ3) is 7.01. The first-order valence-electron chi connectivity index (χ1n) is 9.42. The number of carbonyl (C=O) groups is 4. The number of ketones is 1. The van der Waals surface area contributed by atoms with Gasteiger partial charge >= 0.3 is 5.97 Å². The first-order valence-corrected chi connectivity index (χ1v) is 9.42. The summed E-state index contributed by atoms with van der Waals surface area (Å²) in [4.78, 5) is 47.6. The van der Waals surface area contributed by atoms with Gasteiger partial charge in [-0.1, -0.05) is 30.3 Å². The summed E-state index contributed by atoms with van der Waals surface area (Å²) in [5, 5.41) is 5.10. The number of Topliss-reactive ketones (excluding diaryl/α,β-unsaturated/α-hetero) is 1. The summed E-state index contributed by atoms with van der Waals surface area (Å²) in [6.45, 7) is 4.36. The van der Waals surface area contributed by atoms with Gasteiger partial charge < -0.3 is 15.4 Å². The molecule has 2 N–H and O–H groups in total. The number of carbonyl (C=O) groups excluding carboxylic acids is 4. The Morgan fingerprint density at radius 1 is 0.933 bits per heavy atom. The summed E-state index contributed by atoms with van der Waals surface area (Å²) in [5.41, 5.74) is 1.85. The Bertz CT molecular complexity index is 936. The van der Waals surface area contributed by atoms with Crippen LogP contribution in [0.15, 0.2) is 60.7 Å².